The summed E-state index contributed by atoms with van der Waals surface area (Å²) in [6.45, 7) is 5.68. The van der Waals surface area contributed by atoms with Gasteiger partial charge in [0, 0.05) is 24.8 Å². The first-order valence-electron chi connectivity index (χ1n) is 9.86. The van der Waals surface area contributed by atoms with Crippen LogP contribution >= 0.6 is 0 Å². The molecular formula is C20H26F3N5O2. The molecule has 0 radical (unpaired) electrons. The van der Waals surface area contributed by atoms with E-state index < -0.39 is 11.7 Å². The Morgan fingerprint density at radius 2 is 2.07 bits per heavy atom. The highest BCUT2D eigenvalue weighted by molar-refractivity contribution is 5.69. The molecule has 0 amide bonds. The van der Waals surface area contributed by atoms with Gasteiger partial charge in [-0.3, -0.25) is 0 Å². The Hall–Kier alpha value is -2.46. The van der Waals surface area contributed by atoms with Gasteiger partial charge in [-0.05, 0) is 58.5 Å². The van der Waals surface area contributed by atoms with Crippen molar-refractivity contribution in [2.45, 2.75) is 38.9 Å². The summed E-state index contributed by atoms with van der Waals surface area (Å²) >= 11 is 0. The summed E-state index contributed by atoms with van der Waals surface area (Å²) in [5, 5.41) is 11.7. The van der Waals surface area contributed by atoms with Crippen LogP contribution in [0.15, 0.2) is 18.2 Å². The molecule has 2 aromatic rings. The van der Waals surface area contributed by atoms with Crippen molar-refractivity contribution < 1.29 is 22.6 Å². The molecule has 0 saturated carbocycles. The first kappa shape index (κ1) is 22.2. The molecule has 1 aliphatic heterocycles. The van der Waals surface area contributed by atoms with Gasteiger partial charge in [-0.15, -0.1) is 10.2 Å². The van der Waals surface area contributed by atoms with Crippen LogP contribution in [0.1, 0.15) is 31.0 Å². The number of likely N-dealkylation sites (tertiary alicyclic amines) is 1. The number of aryl methyl sites for hydroxylation is 1. The predicted octanol–water partition coefficient (Wildman–Crippen LogP) is 3.74. The second-order valence-electron chi connectivity index (χ2n) is 7.28. The number of aromatic nitrogens is 3. The van der Waals surface area contributed by atoms with Crippen molar-refractivity contribution in [2.24, 2.45) is 0 Å². The molecule has 10 heteroatoms. The second-order valence-corrected chi connectivity index (χ2v) is 7.28. The van der Waals surface area contributed by atoms with Crippen molar-refractivity contribution >= 4 is 5.95 Å². The van der Waals surface area contributed by atoms with E-state index in [2.05, 4.69) is 32.4 Å². The lowest BCUT2D eigenvalue weighted by atomic mass is 10.1. The van der Waals surface area contributed by atoms with Crippen LogP contribution in [0.25, 0.3) is 11.3 Å². The molecular weight excluding hydrogens is 399 g/mol. The molecule has 3 rings (SSSR count). The highest BCUT2D eigenvalue weighted by Crippen LogP contribution is 2.37. The highest BCUT2D eigenvalue weighted by atomic mass is 19.4. The normalized spacial score (nSPS) is 17.7. The van der Waals surface area contributed by atoms with Crippen molar-refractivity contribution in [3.05, 3.63) is 29.5 Å². The molecule has 1 aromatic carbocycles. The minimum Gasteiger partial charge on any atom is -0.467 e. The van der Waals surface area contributed by atoms with Gasteiger partial charge in [-0.1, -0.05) is 0 Å². The van der Waals surface area contributed by atoms with Gasteiger partial charge in [0.25, 0.3) is 0 Å². The van der Waals surface area contributed by atoms with Crippen LogP contribution in [0, 0.1) is 6.92 Å². The number of anilines is 1. The Morgan fingerprint density at radius 3 is 2.73 bits per heavy atom. The number of hydrogen-bond donors (Lipinski definition) is 1. The van der Waals surface area contributed by atoms with Gasteiger partial charge >= 0.3 is 6.18 Å². The maximum atomic E-state index is 13.1. The standard InChI is InChI=1S/C20H26F3N5O2/c1-4-29-12-30-17-10-14(20(21,22)23)7-8-16(17)18-13(2)24-19(27-26-18)25-15-6-5-9-28(3)11-15/h7-8,10,15H,4-6,9,11-12H2,1-3H3,(H,24,25,27). The lowest BCUT2D eigenvalue weighted by Gasteiger charge is -2.30. The van der Waals surface area contributed by atoms with Gasteiger partial charge in [0.15, 0.2) is 6.79 Å². The zero-order chi connectivity index (χ0) is 21.7. The third-order valence-electron chi connectivity index (χ3n) is 4.88. The molecule has 164 valence electrons. The van der Waals surface area contributed by atoms with Crippen LogP contribution in [-0.2, 0) is 10.9 Å². The Morgan fingerprint density at radius 1 is 1.27 bits per heavy atom. The quantitative estimate of drug-likeness (QED) is 0.535. The van der Waals surface area contributed by atoms with E-state index in [0.717, 1.165) is 38.1 Å². The number of likely N-dealkylation sites (N-methyl/N-ethyl adjacent to an activating group) is 1. The number of nitrogens with zero attached hydrogens (tertiary/aromatic N) is 4. The summed E-state index contributed by atoms with van der Waals surface area (Å²) in [4.78, 5) is 6.70. The number of benzene rings is 1. The monoisotopic (exact) mass is 425 g/mol. The average molecular weight is 425 g/mol. The fourth-order valence-electron chi connectivity index (χ4n) is 3.38. The van der Waals surface area contributed by atoms with E-state index in [1.54, 1.807) is 13.8 Å². The molecule has 0 spiro atoms. The molecule has 1 N–H and O–H groups in total. The molecule has 1 fully saturated rings. The van der Waals surface area contributed by atoms with Gasteiger partial charge in [0.2, 0.25) is 5.95 Å². The summed E-state index contributed by atoms with van der Waals surface area (Å²) in [5.41, 5.74) is 0.472. The second kappa shape index (κ2) is 9.57. The van der Waals surface area contributed by atoms with Crippen LogP contribution in [0.5, 0.6) is 5.75 Å². The maximum Gasteiger partial charge on any atom is 0.416 e. The minimum atomic E-state index is -4.48. The van der Waals surface area contributed by atoms with Crippen molar-refractivity contribution in [2.75, 3.05) is 38.9 Å². The van der Waals surface area contributed by atoms with Gasteiger partial charge in [-0.25, -0.2) is 4.98 Å². The Labute approximate surface area is 173 Å². The van der Waals surface area contributed by atoms with E-state index in [9.17, 15) is 13.2 Å². The van der Waals surface area contributed by atoms with Crippen molar-refractivity contribution in [1.29, 1.82) is 0 Å². The average Bonchev–Trinajstić information content (AvgIpc) is 2.68. The summed E-state index contributed by atoms with van der Waals surface area (Å²) in [6.07, 6.45) is -2.38. The fraction of sp³-hybridized carbons (Fsp3) is 0.550. The number of nitrogens with one attached hydrogen (secondary N) is 1. The number of piperidine rings is 1. The van der Waals surface area contributed by atoms with Crippen molar-refractivity contribution in [3.63, 3.8) is 0 Å². The van der Waals surface area contributed by atoms with E-state index in [1.165, 1.54) is 6.07 Å². The van der Waals surface area contributed by atoms with E-state index in [4.69, 9.17) is 9.47 Å². The molecule has 0 bridgehead atoms. The largest absolute Gasteiger partial charge is 0.467 e. The molecule has 1 aliphatic rings. The molecule has 1 aromatic heterocycles. The van der Waals surface area contributed by atoms with Gasteiger partial charge in [0.05, 0.1) is 11.3 Å². The van der Waals surface area contributed by atoms with Gasteiger partial charge < -0.3 is 19.7 Å². The number of hydrogen-bond acceptors (Lipinski definition) is 7. The smallest absolute Gasteiger partial charge is 0.416 e. The maximum absolute atomic E-state index is 13.1. The van der Waals surface area contributed by atoms with E-state index in [-0.39, 0.29) is 18.6 Å². The Kier molecular flexibility index (Phi) is 7.09. The van der Waals surface area contributed by atoms with E-state index >= 15 is 0 Å². The molecule has 1 atom stereocenters. The van der Waals surface area contributed by atoms with Crippen molar-refractivity contribution in [3.8, 4) is 17.0 Å². The molecule has 0 aliphatic carbocycles. The number of ether oxygens (including phenoxy) is 2. The SMILES string of the molecule is CCOCOc1cc(C(F)(F)F)ccc1-c1nnc(NC2CCCN(C)C2)nc1C. The Balaban J connectivity index is 1.86. The molecule has 7 nitrogen and oxygen atoms in total. The first-order valence-corrected chi connectivity index (χ1v) is 9.86. The molecule has 2 heterocycles. The van der Waals surface area contributed by atoms with Crippen LogP contribution in [0.4, 0.5) is 19.1 Å². The topological polar surface area (TPSA) is 72.4 Å². The molecule has 1 saturated heterocycles. The van der Waals surface area contributed by atoms with Gasteiger partial charge in [0.1, 0.15) is 11.4 Å². The van der Waals surface area contributed by atoms with Crippen molar-refractivity contribution in [1.82, 2.24) is 20.1 Å². The van der Waals surface area contributed by atoms with Crippen LogP contribution < -0.4 is 10.1 Å². The third-order valence-corrected chi connectivity index (χ3v) is 4.88. The van der Waals surface area contributed by atoms with Crippen LogP contribution in [0.2, 0.25) is 0 Å². The lowest BCUT2D eigenvalue weighted by Crippen LogP contribution is -2.40. The van der Waals surface area contributed by atoms with E-state index in [0.29, 0.717) is 29.5 Å². The lowest BCUT2D eigenvalue weighted by molar-refractivity contribution is -0.137. The van der Waals surface area contributed by atoms with Gasteiger partial charge in [-0.2, -0.15) is 13.2 Å². The Bertz CT molecular complexity index is 863. The first-order chi connectivity index (χ1) is 14.3. The third kappa shape index (κ3) is 5.57. The zero-order valence-electron chi connectivity index (χ0n) is 17.3. The summed E-state index contributed by atoms with van der Waals surface area (Å²) < 4.78 is 50.0. The molecule has 30 heavy (non-hydrogen) atoms. The zero-order valence-corrected chi connectivity index (χ0v) is 17.3. The summed E-state index contributed by atoms with van der Waals surface area (Å²) in [6, 6.07) is 3.49. The van der Waals surface area contributed by atoms with Crippen LogP contribution in [0.3, 0.4) is 0 Å². The number of rotatable bonds is 7. The minimum absolute atomic E-state index is 0.0205. The predicted molar refractivity (Wildman–Crippen MR) is 106 cm³/mol. The van der Waals surface area contributed by atoms with E-state index in [1.807, 2.05) is 0 Å². The summed E-state index contributed by atoms with van der Waals surface area (Å²) in [5.74, 6) is 0.423. The fourth-order valence-corrected chi connectivity index (χ4v) is 3.38. The number of alkyl halides is 3. The summed E-state index contributed by atoms with van der Waals surface area (Å²) in [7, 11) is 2.07. The molecule has 1 unspecified atom stereocenters. The highest BCUT2D eigenvalue weighted by Gasteiger charge is 2.32. The van der Waals surface area contributed by atoms with Crippen LogP contribution in [-0.4, -0.2) is 59.7 Å². The number of halogens is 3.